The van der Waals surface area contributed by atoms with E-state index in [9.17, 15) is 9.18 Å². The first-order valence-electron chi connectivity index (χ1n) is 11.5. The molecule has 0 unspecified atom stereocenters. The lowest BCUT2D eigenvalue weighted by Crippen LogP contribution is -2.37. The summed E-state index contributed by atoms with van der Waals surface area (Å²) in [5.41, 5.74) is 3.76. The van der Waals surface area contributed by atoms with Crippen molar-refractivity contribution < 1.29 is 9.18 Å². The van der Waals surface area contributed by atoms with Gasteiger partial charge in [-0.05, 0) is 63.6 Å². The van der Waals surface area contributed by atoms with Crippen LogP contribution in [0.1, 0.15) is 66.3 Å². The number of rotatable bonds is 6. The van der Waals surface area contributed by atoms with Crippen molar-refractivity contribution in [3.63, 3.8) is 0 Å². The van der Waals surface area contributed by atoms with Crippen LogP contribution in [0.3, 0.4) is 0 Å². The van der Waals surface area contributed by atoms with Crippen LogP contribution in [0.4, 0.5) is 4.39 Å². The van der Waals surface area contributed by atoms with Gasteiger partial charge in [0.15, 0.2) is 5.69 Å². The van der Waals surface area contributed by atoms with E-state index in [-0.39, 0.29) is 11.7 Å². The second-order valence-corrected chi connectivity index (χ2v) is 8.53. The van der Waals surface area contributed by atoms with E-state index in [4.69, 9.17) is 5.10 Å². The standard InChI is InChI=1S/C24H33FN4O/c1-2-29-22-12-11-19(26-14-13-18-9-5-6-10-21(18)25)17-20(22)23(27-29)24(30)28-15-7-3-4-8-16-28/h5-6,9-10,19,26H,2-4,7-8,11-17H2,1H3/t19-/m0/s1. The van der Waals surface area contributed by atoms with E-state index in [1.807, 2.05) is 21.7 Å². The number of hydrogen-bond acceptors (Lipinski definition) is 3. The van der Waals surface area contributed by atoms with Gasteiger partial charge >= 0.3 is 0 Å². The number of amides is 1. The van der Waals surface area contributed by atoms with Crippen LogP contribution >= 0.6 is 0 Å². The maximum atomic E-state index is 13.9. The highest BCUT2D eigenvalue weighted by molar-refractivity contribution is 5.94. The molecule has 0 saturated carbocycles. The van der Waals surface area contributed by atoms with E-state index in [0.29, 0.717) is 18.2 Å². The number of carbonyl (C=O) groups excluding carboxylic acids is 1. The predicted molar refractivity (Wildman–Crippen MR) is 116 cm³/mol. The van der Waals surface area contributed by atoms with E-state index in [2.05, 4.69) is 12.2 Å². The third-order valence-corrected chi connectivity index (χ3v) is 6.53. The van der Waals surface area contributed by atoms with E-state index in [1.165, 1.54) is 24.6 Å². The van der Waals surface area contributed by atoms with Gasteiger partial charge in [0.2, 0.25) is 0 Å². The molecule has 1 fully saturated rings. The van der Waals surface area contributed by atoms with Crippen LogP contribution in [0, 0.1) is 5.82 Å². The number of halogens is 1. The zero-order valence-electron chi connectivity index (χ0n) is 18.0. The molecule has 1 aromatic carbocycles. The summed E-state index contributed by atoms with van der Waals surface area (Å²) in [7, 11) is 0. The maximum Gasteiger partial charge on any atom is 0.274 e. The molecule has 0 spiro atoms. The van der Waals surface area contributed by atoms with Crippen LogP contribution in [-0.4, -0.2) is 46.3 Å². The largest absolute Gasteiger partial charge is 0.337 e. The highest BCUT2D eigenvalue weighted by Crippen LogP contribution is 2.27. The number of aryl methyl sites for hydroxylation is 1. The van der Waals surface area contributed by atoms with Gasteiger partial charge < -0.3 is 10.2 Å². The average molecular weight is 413 g/mol. The fourth-order valence-electron chi connectivity index (χ4n) is 4.83. The highest BCUT2D eigenvalue weighted by Gasteiger charge is 2.31. The molecule has 6 heteroatoms. The van der Waals surface area contributed by atoms with Gasteiger partial charge in [0.1, 0.15) is 5.82 Å². The van der Waals surface area contributed by atoms with Crippen molar-refractivity contribution in [2.45, 2.75) is 70.9 Å². The number of hydrogen-bond donors (Lipinski definition) is 1. The summed E-state index contributed by atoms with van der Waals surface area (Å²) < 4.78 is 15.9. The van der Waals surface area contributed by atoms with Crippen molar-refractivity contribution in [3.05, 3.63) is 52.6 Å². The maximum absolute atomic E-state index is 13.9. The number of carbonyl (C=O) groups is 1. The Morgan fingerprint density at radius 3 is 2.70 bits per heavy atom. The number of fused-ring (bicyclic) bond motifs is 1. The molecule has 30 heavy (non-hydrogen) atoms. The van der Waals surface area contributed by atoms with Crippen LogP contribution in [0.5, 0.6) is 0 Å². The minimum atomic E-state index is -0.139. The van der Waals surface area contributed by atoms with Crippen molar-refractivity contribution in [1.82, 2.24) is 20.0 Å². The Morgan fingerprint density at radius 1 is 1.20 bits per heavy atom. The zero-order valence-corrected chi connectivity index (χ0v) is 18.0. The van der Waals surface area contributed by atoms with Gasteiger partial charge in [-0.25, -0.2) is 4.39 Å². The lowest BCUT2D eigenvalue weighted by Gasteiger charge is -2.25. The van der Waals surface area contributed by atoms with Crippen molar-refractivity contribution >= 4 is 5.91 Å². The Balaban J connectivity index is 1.44. The Morgan fingerprint density at radius 2 is 1.97 bits per heavy atom. The lowest BCUT2D eigenvalue weighted by molar-refractivity contribution is 0.0753. The van der Waals surface area contributed by atoms with Gasteiger partial charge in [-0.3, -0.25) is 9.48 Å². The molecule has 1 aliphatic heterocycles. The molecule has 1 aromatic heterocycles. The first kappa shape index (κ1) is 21.0. The quantitative estimate of drug-likeness (QED) is 0.786. The zero-order chi connectivity index (χ0) is 20.9. The minimum Gasteiger partial charge on any atom is -0.337 e. The molecular weight excluding hydrogens is 379 g/mol. The predicted octanol–water partition coefficient (Wildman–Crippen LogP) is 3.75. The van der Waals surface area contributed by atoms with E-state index in [1.54, 1.807) is 6.07 Å². The molecule has 0 radical (unpaired) electrons. The van der Waals surface area contributed by atoms with Gasteiger partial charge in [-0.1, -0.05) is 31.0 Å². The molecule has 1 atom stereocenters. The third kappa shape index (κ3) is 4.59. The topological polar surface area (TPSA) is 50.2 Å². The minimum absolute atomic E-state index is 0.104. The number of benzene rings is 1. The number of likely N-dealkylation sites (tertiary alicyclic amines) is 1. The first-order valence-corrected chi connectivity index (χ1v) is 11.5. The second-order valence-electron chi connectivity index (χ2n) is 8.53. The molecule has 162 valence electrons. The summed E-state index contributed by atoms with van der Waals surface area (Å²) in [4.78, 5) is 15.3. The van der Waals surface area contributed by atoms with Crippen LogP contribution < -0.4 is 5.32 Å². The second kappa shape index (κ2) is 9.73. The van der Waals surface area contributed by atoms with E-state index < -0.39 is 0 Å². The summed E-state index contributed by atoms with van der Waals surface area (Å²) in [5, 5.41) is 8.33. The number of nitrogens with one attached hydrogen (secondary N) is 1. The normalized spacial score (nSPS) is 19.4. The van der Waals surface area contributed by atoms with E-state index >= 15 is 0 Å². The van der Waals surface area contributed by atoms with Crippen molar-refractivity contribution in [2.24, 2.45) is 0 Å². The van der Waals surface area contributed by atoms with Gasteiger partial charge in [-0.15, -0.1) is 0 Å². The van der Waals surface area contributed by atoms with Gasteiger partial charge in [0.25, 0.3) is 5.91 Å². The molecule has 1 aliphatic carbocycles. The molecule has 1 N–H and O–H groups in total. The first-order chi connectivity index (χ1) is 14.7. The van der Waals surface area contributed by atoms with Gasteiger partial charge in [0, 0.05) is 36.9 Å². The monoisotopic (exact) mass is 412 g/mol. The molecule has 2 aromatic rings. The fraction of sp³-hybridized carbons (Fsp3) is 0.583. The molecule has 4 rings (SSSR count). The Hall–Kier alpha value is -2.21. The van der Waals surface area contributed by atoms with Crippen LogP contribution in [0.2, 0.25) is 0 Å². The molecule has 1 amide bonds. The summed E-state index contributed by atoms with van der Waals surface area (Å²) in [6.45, 7) is 5.30. The van der Waals surface area contributed by atoms with Crippen LogP contribution in [-0.2, 0) is 25.8 Å². The Kier molecular flexibility index (Phi) is 6.82. The summed E-state index contributed by atoms with van der Waals surface area (Å²) in [6.07, 6.45) is 8.03. The molecule has 0 bridgehead atoms. The molecule has 2 aliphatic rings. The Bertz CT molecular complexity index is 870. The molecule has 5 nitrogen and oxygen atoms in total. The van der Waals surface area contributed by atoms with Crippen molar-refractivity contribution in [1.29, 1.82) is 0 Å². The SMILES string of the molecule is CCn1nc(C(=O)N2CCCCCC2)c2c1CC[C@H](NCCc1ccccc1F)C2. The number of nitrogens with zero attached hydrogens (tertiary/aromatic N) is 3. The summed E-state index contributed by atoms with van der Waals surface area (Å²) in [5.74, 6) is -0.0351. The van der Waals surface area contributed by atoms with Gasteiger partial charge in [-0.2, -0.15) is 5.10 Å². The van der Waals surface area contributed by atoms with Crippen LogP contribution in [0.15, 0.2) is 24.3 Å². The molecule has 2 heterocycles. The summed E-state index contributed by atoms with van der Waals surface area (Å²) in [6, 6.07) is 7.27. The molecular formula is C24H33FN4O. The van der Waals surface area contributed by atoms with Crippen molar-refractivity contribution in [3.8, 4) is 0 Å². The van der Waals surface area contributed by atoms with Gasteiger partial charge in [0.05, 0.1) is 0 Å². The Labute approximate surface area is 178 Å². The lowest BCUT2D eigenvalue weighted by atomic mass is 9.91. The smallest absolute Gasteiger partial charge is 0.274 e. The third-order valence-electron chi connectivity index (χ3n) is 6.53. The van der Waals surface area contributed by atoms with Crippen molar-refractivity contribution in [2.75, 3.05) is 19.6 Å². The number of aromatic nitrogens is 2. The fourth-order valence-corrected chi connectivity index (χ4v) is 4.83. The molecule has 1 saturated heterocycles. The highest BCUT2D eigenvalue weighted by atomic mass is 19.1. The van der Waals surface area contributed by atoms with E-state index in [0.717, 1.165) is 69.4 Å². The van der Waals surface area contributed by atoms with Crippen LogP contribution in [0.25, 0.3) is 0 Å². The average Bonchev–Trinajstić information content (AvgIpc) is 2.92. The summed E-state index contributed by atoms with van der Waals surface area (Å²) >= 11 is 0.